The van der Waals surface area contributed by atoms with Crippen LogP contribution in [0.4, 0.5) is 0 Å². The summed E-state index contributed by atoms with van der Waals surface area (Å²) in [7, 11) is 0. The molecule has 142 valence electrons. The van der Waals surface area contributed by atoms with Crippen LogP contribution >= 0.6 is 23.4 Å². The van der Waals surface area contributed by atoms with Crippen LogP contribution in [0.25, 0.3) is 0 Å². The lowest BCUT2D eigenvalue weighted by Gasteiger charge is -2.27. The number of hydrogen-bond donors (Lipinski definition) is 2. The van der Waals surface area contributed by atoms with E-state index in [-0.39, 0.29) is 6.42 Å². The molecule has 2 aromatic rings. The third-order valence-electron chi connectivity index (χ3n) is 3.77. The van der Waals surface area contributed by atoms with Crippen LogP contribution in [0, 0.1) is 5.41 Å². The second-order valence-corrected chi connectivity index (χ2v) is 8.30. The van der Waals surface area contributed by atoms with Crippen molar-refractivity contribution >= 4 is 40.4 Å². The minimum Gasteiger partial charge on any atom is -0.772 e. The predicted octanol–water partition coefficient (Wildman–Crippen LogP) is 2.00. The second kappa shape index (κ2) is 9.47. The Bertz CT molecular complexity index is 771. The van der Waals surface area contributed by atoms with E-state index < -0.39 is 28.2 Å². The van der Waals surface area contributed by atoms with E-state index in [1.54, 1.807) is 22.6 Å². The number of nitrogens with zero attached hydrogens (tertiary/aromatic N) is 3. The molecule has 1 aromatic heterocycles. The van der Waals surface area contributed by atoms with E-state index in [4.69, 9.17) is 16.8 Å². The molecule has 2 atom stereocenters. The van der Waals surface area contributed by atoms with Crippen molar-refractivity contribution in [1.29, 1.82) is 0 Å². The van der Waals surface area contributed by atoms with Gasteiger partial charge in [-0.3, -0.25) is 18.9 Å². The summed E-state index contributed by atoms with van der Waals surface area (Å²) in [5, 5.41) is 17.6. The molecule has 0 bridgehead atoms. The molecule has 1 aromatic carbocycles. The number of carbonyl (C=O) groups is 1. The minimum atomic E-state index is -2.42. The molecule has 0 saturated heterocycles. The van der Waals surface area contributed by atoms with Gasteiger partial charge in [-0.1, -0.05) is 27.9 Å². The zero-order chi connectivity index (χ0) is 19.2. The van der Waals surface area contributed by atoms with Crippen LogP contribution in [0.1, 0.15) is 19.0 Å². The molecular formula is C15H18ClN4O4S2-. The summed E-state index contributed by atoms with van der Waals surface area (Å²) < 4.78 is 23.5. The maximum Gasteiger partial charge on any atom is 0.250 e. The monoisotopic (exact) mass is 417 g/mol. The maximum atomic E-state index is 11.8. The first-order chi connectivity index (χ1) is 12.3. The van der Waals surface area contributed by atoms with Gasteiger partial charge in [0.2, 0.25) is 5.91 Å². The van der Waals surface area contributed by atoms with Gasteiger partial charge >= 0.3 is 0 Å². The normalized spacial score (nSPS) is 14.6. The lowest BCUT2D eigenvalue weighted by molar-refractivity contribution is -0.138. The van der Waals surface area contributed by atoms with Crippen LogP contribution in [0.2, 0.25) is 5.02 Å². The fourth-order valence-electron chi connectivity index (χ4n) is 2.21. The number of rotatable bonds is 9. The second-order valence-electron chi connectivity index (χ2n) is 5.92. The minimum absolute atomic E-state index is 0.181. The van der Waals surface area contributed by atoms with Gasteiger partial charge in [-0.2, -0.15) is 0 Å². The van der Waals surface area contributed by atoms with Crippen molar-refractivity contribution in [3.63, 3.8) is 0 Å². The van der Waals surface area contributed by atoms with Crippen molar-refractivity contribution in [2.45, 2.75) is 30.5 Å². The molecule has 0 saturated carbocycles. The number of hydrogen-bond acceptors (Lipinski definition) is 7. The van der Waals surface area contributed by atoms with Crippen LogP contribution in [0.15, 0.2) is 35.4 Å². The lowest BCUT2D eigenvalue weighted by Crippen LogP contribution is -2.42. The number of nitrogens with one attached hydrogen (secondary N) is 1. The van der Waals surface area contributed by atoms with Gasteiger partial charge in [0.15, 0.2) is 0 Å². The molecule has 1 amide bonds. The van der Waals surface area contributed by atoms with Gasteiger partial charge in [0.1, 0.15) is 0 Å². The fourth-order valence-corrected chi connectivity index (χ4v) is 3.91. The van der Waals surface area contributed by atoms with E-state index in [1.807, 2.05) is 24.3 Å². The molecule has 0 fully saturated rings. The van der Waals surface area contributed by atoms with E-state index >= 15 is 0 Å². The molecule has 0 spiro atoms. The molecule has 0 radical (unpaired) electrons. The fraction of sp³-hybridized carbons (Fsp3) is 0.400. The molecule has 1 heterocycles. The van der Waals surface area contributed by atoms with Crippen molar-refractivity contribution in [3.05, 3.63) is 41.2 Å². The first-order valence-corrected chi connectivity index (χ1v) is 10.2. The number of hydroxylamine groups is 1. The number of thioether (sulfide) groups is 1. The molecule has 0 aliphatic heterocycles. The van der Waals surface area contributed by atoms with Gasteiger partial charge in [0.25, 0.3) is 0 Å². The maximum absolute atomic E-state index is 11.8. The zero-order valence-electron chi connectivity index (χ0n) is 13.9. The molecule has 8 nitrogen and oxygen atoms in total. The van der Waals surface area contributed by atoms with Crippen LogP contribution in [-0.4, -0.2) is 40.6 Å². The van der Waals surface area contributed by atoms with E-state index in [0.29, 0.717) is 17.3 Å². The lowest BCUT2D eigenvalue weighted by atomic mass is 9.88. The Morgan fingerprint density at radius 3 is 2.77 bits per heavy atom. The molecule has 0 aliphatic carbocycles. The highest BCUT2D eigenvalue weighted by molar-refractivity contribution is 7.98. The number of halogens is 1. The first-order valence-electron chi connectivity index (χ1n) is 7.60. The van der Waals surface area contributed by atoms with E-state index in [1.165, 1.54) is 12.4 Å². The standard InChI is InChI=1S/C15H19ClN4O4S2/c1-15(10-26(23)24,14(21)18-22)6-7-20-8-12(17-19-20)9-25-13-4-2-11(16)3-5-13/h2-5,8,22H,6-7,9-10H2,1H3,(H,18,21)(H,23,24)/p-1. The van der Waals surface area contributed by atoms with E-state index in [2.05, 4.69) is 10.3 Å². The van der Waals surface area contributed by atoms with Crippen molar-refractivity contribution in [1.82, 2.24) is 20.5 Å². The topological polar surface area (TPSA) is 120 Å². The molecule has 26 heavy (non-hydrogen) atoms. The van der Waals surface area contributed by atoms with Crippen LogP contribution in [0.5, 0.6) is 0 Å². The Morgan fingerprint density at radius 2 is 2.15 bits per heavy atom. The number of benzene rings is 1. The van der Waals surface area contributed by atoms with Crippen molar-refractivity contribution in [3.8, 4) is 0 Å². The van der Waals surface area contributed by atoms with Gasteiger partial charge < -0.3 is 4.55 Å². The van der Waals surface area contributed by atoms with E-state index in [9.17, 15) is 13.6 Å². The third-order valence-corrected chi connectivity index (χ3v) is 5.94. The highest BCUT2D eigenvalue weighted by Gasteiger charge is 2.33. The quantitative estimate of drug-likeness (QED) is 0.277. The largest absolute Gasteiger partial charge is 0.772 e. The summed E-state index contributed by atoms with van der Waals surface area (Å²) in [5.41, 5.74) is 1.02. The summed E-state index contributed by atoms with van der Waals surface area (Å²) in [6.07, 6.45) is 1.93. The molecule has 11 heteroatoms. The Labute approximate surface area is 162 Å². The Morgan fingerprint density at radius 1 is 1.46 bits per heavy atom. The molecule has 2 unspecified atom stereocenters. The Balaban J connectivity index is 1.93. The number of aromatic nitrogens is 3. The van der Waals surface area contributed by atoms with Crippen LogP contribution in [-0.2, 0) is 28.2 Å². The summed E-state index contributed by atoms with van der Waals surface area (Å²) in [4.78, 5) is 12.8. The Kier molecular flexibility index (Phi) is 7.59. The van der Waals surface area contributed by atoms with E-state index in [0.717, 1.165) is 10.6 Å². The molecular weight excluding hydrogens is 400 g/mol. The van der Waals surface area contributed by atoms with Crippen LogP contribution in [0.3, 0.4) is 0 Å². The average Bonchev–Trinajstić information content (AvgIpc) is 3.06. The van der Waals surface area contributed by atoms with Crippen molar-refractivity contribution < 1.29 is 18.8 Å². The van der Waals surface area contributed by atoms with Crippen molar-refractivity contribution in [2.75, 3.05) is 5.75 Å². The average molecular weight is 418 g/mol. The smallest absolute Gasteiger partial charge is 0.250 e. The summed E-state index contributed by atoms with van der Waals surface area (Å²) in [6.45, 7) is 1.77. The summed E-state index contributed by atoms with van der Waals surface area (Å²) >= 11 is 5.02. The SMILES string of the molecule is CC(CCn1cc(CSc2ccc(Cl)cc2)nn1)(CS(=O)[O-])C(=O)NO. The third kappa shape index (κ3) is 6.06. The highest BCUT2D eigenvalue weighted by atomic mass is 35.5. The van der Waals surface area contributed by atoms with Gasteiger partial charge in [0.05, 0.1) is 11.1 Å². The van der Waals surface area contributed by atoms with Crippen LogP contribution < -0.4 is 5.48 Å². The number of aryl methyl sites for hydroxylation is 1. The molecule has 2 N–H and O–H groups in total. The summed E-state index contributed by atoms with van der Waals surface area (Å²) in [5.74, 6) is -0.533. The van der Waals surface area contributed by atoms with Gasteiger partial charge in [-0.25, -0.2) is 5.48 Å². The molecule has 0 aliphatic rings. The molecule has 2 rings (SSSR count). The highest BCUT2D eigenvalue weighted by Crippen LogP contribution is 2.25. The summed E-state index contributed by atoms with van der Waals surface area (Å²) in [6, 6.07) is 7.46. The van der Waals surface area contributed by atoms with Gasteiger partial charge in [0, 0.05) is 34.2 Å². The predicted molar refractivity (Wildman–Crippen MR) is 97.5 cm³/mol. The Hall–Kier alpha value is -1.46. The zero-order valence-corrected chi connectivity index (χ0v) is 16.3. The van der Waals surface area contributed by atoms with Gasteiger partial charge in [-0.15, -0.1) is 16.9 Å². The van der Waals surface area contributed by atoms with Gasteiger partial charge in [-0.05, 0) is 37.6 Å². The number of amides is 1. The first kappa shape index (κ1) is 20.8. The van der Waals surface area contributed by atoms with Crippen molar-refractivity contribution in [2.24, 2.45) is 5.41 Å². The number of carbonyl (C=O) groups excluding carboxylic acids is 1.